The highest BCUT2D eigenvalue weighted by atomic mass is 127. The first-order chi connectivity index (χ1) is 16.6. The number of ether oxygens (including phenoxy) is 1. The maximum Gasteiger partial charge on any atom is 0.339 e. The number of amides is 1. The Bertz CT molecular complexity index is 1450. The normalized spacial score (nSPS) is 15.9. The standard InChI is InChI=1S/C24H18ClIN2O5S2/c1-14-3-9-18(10-4-14)35(30,31)33-22-19(26)11-15(12-20(22)32-2)13-21-23(29)28-24(34-21)27-17-7-5-16(25)6-8-17/h3-13H,1-2H3,(H,27,28,29)/b21-13+. The fourth-order valence-electron chi connectivity index (χ4n) is 3.03. The van der Waals surface area contributed by atoms with Gasteiger partial charge in [-0.3, -0.25) is 4.79 Å². The van der Waals surface area contributed by atoms with Crippen LogP contribution in [0.5, 0.6) is 11.5 Å². The predicted octanol–water partition coefficient (Wildman–Crippen LogP) is 5.92. The lowest BCUT2D eigenvalue weighted by molar-refractivity contribution is -0.115. The van der Waals surface area contributed by atoms with Gasteiger partial charge in [-0.15, -0.1) is 0 Å². The highest BCUT2D eigenvalue weighted by Gasteiger charge is 2.25. The SMILES string of the molecule is COc1cc(/C=C2/SC(=Nc3ccc(Cl)cc3)NC2=O)cc(I)c1OS(=O)(=O)c1ccc(C)cc1. The molecule has 0 aromatic heterocycles. The van der Waals surface area contributed by atoms with E-state index in [1.54, 1.807) is 54.6 Å². The summed E-state index contributed by atoms with van der Waals surface area (Å²) in [7, 11) is -2.64. The smallest absolute Gasteiger partial charge is 0.339 e. The number of amidine groups is 1. The predicted molar refractivity (Wildman–Crippen MR) is 147 cm³/mol. The van der Waals surface area contributed by atoms with Crippen LogP contribution in [0.4, 0.5) is 5.69 Å². The summed E-state index contributed by atoms with van der Waals surface area (Å²) in [6.07, 6.45) is 1.67. The molecule has 1 heterocycles. The molecule has 0 saturated carbocycles. The number of hydrogen-bond donors (Lipinski definition) is 1. The molecule has 1 N–H and O–H groups in total. The van der Waals surface area contributed by atoms with Gasteiger partial charge >= 0.3 is 10.1 Å². The number of benzene rings is 3. The van der Waals surface area contributed by atoms with Gasteiger partial charge in [-0.25, -0.2) is 4.99 Å². The number of hydrogen-bond acceptors (Lipinski definition) is 7. The van der Waals surface area contributed by atoms with Gasteiger partial charge in [0, 0.05) is 5.02 Å². The molecule has 1 amide bonds. The largest absolute Gasteiger partial charge is 0.493 e. The molecule has 35 heavy (non-hydrogen) atoms. The number of carbonyl (C=O) groups is 1. The van der Waals surface area contributed by atoms with E-state index in [1.807, 2.05) is 29.5 Å². The minimum Gasteiger partial charge on any atom is -0.493 e. The second-order valence-electron chi connectivity index (χ2n) is 7.34. The lowest BCUT2D eigenvalue weighted by Gasteiger charge is -2.13. The van der Waals surface area contributed by atoms with Crippen molar-refractivity contribution in [2.45, 2.75) is 11.8 Å². The zero-order valence-electron chi connectivity index (χ0n) is 18.4. The highest BCUT2D eigenvalue weighted by Crippen LogP contribution is 2.37. The summed E-state index contributed by atoms with van der Waals surface area (Å²) in [6, 6.07) is 16.6. The average molecular weight is 641 g/mol. The van der Waals surface area contributed by atoms with Crippen LogP contribution in [0.25, 0.3) is 6.08 Å². The van der Waals surface area contributed by atoms with Crippen molar-refractivity contribution in [3.8, 4) is 11.5 Å². The van der Waals surface area contributed by atoms with Gasteiger partial charge in [0.15, 0.2) is 16.7 Å². The molecule has 3 aromatic rings. The summed E-state index contributed by atoms with van der Waals surface area (Å²) in [5.41, 5.74) is 2.23. The molecule has 0 bridgehead atoms. The van der Waals surface area contributed by atoms with Gasteiger partial charge in [0.25, 0.3) is 5.91 Å². The summed E-state index contributed by atoms with van der Waals surface area (Å²) in [5.74, 6) is 0.00111. The Morgan fingerprint density at radius 2 is 1.77 bits per heavy atom. The van der Waals surface area contributed by atoms with E-state index in [1.165, 1.54) is 31.0 Å². The Labute approximate surface area is 225 Å². The molecule has 7 nitrogen and oxygen atoms in total. The van der Waals surface area contributed by atoms with Crippen molar-refractivity contribution in [2.75, 3.05) is 7.11 Å². The number of halogens is 2. The van der Waals surface area contributed by atoms with Crippen LogP contribution < -0.4 is 14.2 Å². The first-order valence-corrected chi connectivity index (χ1v) is 13.8. The number of thioether (sulfide) groups is 1. The highest BCUT2D eigenvalue weighted by molar-refractivity contribution is 14.1. The number of nitrogens with zero attached hydrogens (tertiary/aromatic N) is 1. The third-order valence-electron chi connectivity index (χ3n) is 4.76. The quantitative estimate of drug-likeness (QED) is 0.204. The Morgan fingerprint density at radius 1 is 1.09 bits per heavy atom. The van der Waals surface area contributed by atoms with Crippen molar-refractivity contribution in [3.05, 3.63) is 85.3 Å². The van der Waals surface area contributed by atoms with Gasteiger partial charge in [0.1, 0.15) is 4.90 Å². The maximum atomic E-state index is 12.8. The fraction of sp³-hybridized carbons (Fsp3) is 0.0833. The molecule has 180 valence electrons. The first kappa shape index (κ1) is 25.5. The van der Waals surface area contributed by atoms with E-state index in [0.717, 1.165) is 5.56 Å². The summed E-state index contributed by atoms with van der Waals surface area (Å²) >= 11 is 9.06. The van der Waals surface area contributed by atoms with E-state index < -0.39 is 10.1 Å². The van der Waals surface area contributed by atoms with Crippen LogP contribution in [0.15, 0.2) is 75.5 Å². The number of carbonyl (C=O) groups excluding carboxylic acids is 1. The maximum absolute atomic E-state index is 12.8. The van der Waals surface area contributed by atoms with Gasteiger partial charge < -0.3 is 14.2 Å². The van der Waals surface area contributed by atoms with Crippen molar-refractivity contribution >= 4 is 78.9 Å². The molecule has 0 aliphatic carbocycles. The molecular weight excluding hydrogens is 623 g/mol. The number of nitrogens with one attached hydrogen (secondary N) is 1. The van der Waals surface area contributed by atoms with Crippen LogP contribution in [-0.4, -0.2) is 26.6 Å². The number of rotatable bonds is 6. The number of aliphatic imine (C=N–C) groups is 1. The number of aryl methyl sites for hydroxylation is 1. The van der Waals surface area contributed by atoms with Crippen LogP contribution in [0.1, 0.15) is 11.1 Å². The van der Waals surface area contributed by atoms with Gasteiger partial charge in [-0.05, 0) is 101 Å². The van der Waals surface area contributed by atoms with E-state index in [-0.39, 0.29) is 22.3 Å². The Morgan fingerprint density at radius 3 is 2.43 bits per heavy atom. The van der Waals surface area contributed by atoms with Crippen LogP contribution >= 0.6 is 46.0 Å². The summed E-state index contributed by atoms with van der Waals surface area (Å²) in [5, 5.41) is 3.77. The molecule has 0 radical (unpaired) electrons. The van der Waals surface area contributed by atoms with Gasteiger partial charge in [-0.1, -0.05) is 29.3 Å². The minimum atomic E-state index is -4.06. The number of methoxy groups -OCH3 is 1. The molecule has 0 unspecified atom stereocenters. The second kappa shape index (κ2) is 10.6. The van der Waals surface area contributed by atoms with Crippen LogP contribution in [0.3, 0.4) is 0 Å². The summed E-state index contributed by atoms with van der Waals surface area (Å²) in [6.45, 7) is 1.87. The topological polar surface area (TPSA) is 94.1 Å². The van der Waals surface area contributed by atoms with Gasteiger partial charge in [-0.2, -0.15) is 8.42 Å². The molecule has 3 aromatic carbocycles. The summed E-state index contributed by atoms with van der Waals surface area (Å²) in [4.78, 5) is 17.4. The van der Waals surface area contributed by atoms with Gasteiger partial charge in [0.05, 0.1) is 21.3 Å². The molecular formula is C24H18ClIN2O5S2. The van der Waals surface area contributed by atoms with Crippen LogP contribution in [0, 0.1) is 10.5 Å². The monoisotopic (exact) mass is 640 g/mol. The van der Waals surface area contributed by atoms with E-state index >= 15 is 0 Å². The molecule has 1 aliphatic heterocycles. The molecule has 11 heteroatoms. The van der Waals surface area contributed by atoms with E-state index in [2.05, 4.69) is 10.3 Å². The molecule has 1 fully saturated rings. The van der Waals surface area contributed by atoms with E-state index in [9.17, 15) is 13.2 Å². The molecule has 0 spiro atoms. The van der Waals surface area contributed by atoms with Crippen molar-refractivity contribution in [1.29, 1.82) is 0 Å². The minimum absolute atomic E-state index is 0.0404. The van der Waals surface area contributed by atoms with Crippen molar-refractivity contribution in [1.82, 2.24) is 5.32 Å². The zero-order chi connectivity index (χ0) is 25.2. The zero-order valence-corrected chi connectivity index (χ0v) is 23.0. The summed E-state index contributed by atoms with van der Waals surface area (Å²) < 4.78 is 36.9. The average Bonchev–Trinajstić information content (AvgIpc) is 3.15. The Balaban J connectivity index is 1.60. The molecule has 0 atom stereocenters. The van der Waals surface area contributed by atoms with Crippen LogP contribution in [-0.2, 0) is 14.9 Å². The third-order valence-corrected chi connectivity index (χ3v) is 7.96. The second-order valence-corrected chi connectivity index (χ2v) is 11.5. The molecule has 4 rings (SSSR count). The van der Waals surface area contributed by atoms with Crippen molar-refractivity contribution < 1.29 is 22.1 Å². The van der Waals surface area contributed by atoms with Crippen LogP contribution in [0.2, 0.25) is 5.02 Å². The van der Waals surface area contributed by atoms with Crippen molar-refractivity contribution in [3.63, 3.8) is 0 Å². The van der Waals surface area contributed by atoms with E-state index in [4.69, 9.17) is 20.5 Å². The van der Waals surface area contributed by atoms with Crippen molar-refractivity contribution in [2.24, 2.45) is 4.99 Å². The van der Waals surface area contributed by atoms with E-state index in [0.29, 0.717) is 29.9 Å². The lowest BCUT2D eigenvalue weighted by Crippen LogP contribution is -2.19. The molecule has 1 aliphatic rings. The third kappa shape index (κ3) is 6.18. The Hall–Kier alpha value is -2.54. The lowest BCUT2D eigenvalue weighted by atomic mass is 10.2. The Kier molecular flexibility index (Phi) is 7.74. The van der Waals surface area contributed by atoms with Gasteiger partial charge in [0.2, 0.25) is 0 Å². The fourth-order valence-corrected chi connectivity index (χ4v) is 5.84. The molecule has 1 saturated heterocycles. The first-order valence-electron chi connectivity index (χ1n) is 10.1.